The maximum Gasteiger partial charge on any atom is 0.139 e. The number of hydrogen-bond donors (Lipinski definition) is 0. The van der Waals surface area contributed by atoms with E-state index in [-0.39, 0.29) is 0 Å². The third-order valence-corrected chi connectivity index (χ3v) is 5.31. The van der Waals surface area contributed by atoms with Crippen LogP contribution in [-0.2, 0) is 5.54 Å². The first-order chi connectivity index (χ1) is 12.3. The van der Waals surface area contributed by atoms with Crippen molar-refractivity contribution < 1.29 is 0 Å². The lowest BCUT2D eigenvalue weighted by Gasteiger charge is -2.37. The van der Waals surface area contributed by atoms with Gasteiger partial charge in [-0.1, -0.05) is 91.0 Å². The lowest BCUT2D eigenvalue weighted by atomic mass is 9.77. The Morgan fingerprint density at radius 3 is 1.32 bits per heavy atom. The monoisotopic (exact) mass is 436 g/mol. The fraction of sp³-hybridized carbons (Fsp3) is 0.0455. The van der Waals surface area contributed by atoms with E-state index in [9.17, 15) is 0 Å². The van der Waals surface area contributed by atoms with Crippen LogP contribution >= 0.6 is 22.6 Å². The Hall–Kier alpha value is -2.40. The summed E-state index contributed by atoms with van der Waals surface area (Å²) in [5, 5.41) is 4.73. The third kappa shape index (κ3) is 2.68. The molecule has 4 aromatic rings. The Balaban J connectivity index is 2.15. The first-order valence-corrected chi connectivity index (χ1v) is 9.28. The van der Waals surface area contributed by atoms with E-state index in [1.165, 1.54) is 16.7 Å². The summed E-state index contributed by atoms with van der Waals surface area (Å²) >= 11 is 2.36. The van der Waals surface area contributed by atoms with Crippen LogP contribution in [0.3, 0.4) is 0 Å². The molecule has 0 spiro atoms. The Bertz CT molecular complexity index is 850. The van der Waals surface area contributed by atoms with Crippen molar-refractivity contribution in [1.29, 1.82) is 0 Å². The molecule has 0 radical (unpaired) electrons. The molecular formula is C22H17IN2. The minimum atomic E-state index is -0.510. The van der Waals surface area contributed by atoms with Crippen LogP contribution in [0.4, 0.5) is 0 Å². The first-order valence-electron chi connectivity index (χ1n) is 8.20. The summed E-state index contributed by atoms with van der Waals surface area (Å²) in [6, 6.07) is 33.8. The highest BCUT2D eigenvalue weighted by atomic mass is 127. The summed E-state index contributed by atoms with van der Waals surface area (Å²) in [6.45, 7) is 0. The van der Waals surface area contributed by atoms with Gasteiger partial charge in [-0.05, 0) is 45.3 Å². The molecular weight excluding hydrogens is 419 g/mol. The zero-order valence-corrected chi connectivity index (χ0v) is 15.7. The van der Waals surface area contributed by atoms with Gasteiger partial charge in [0.25, 0.3) is 0 Å². The van der Waals surface area contributed by atoms with Crippen LogP contribution in [0.2, 0.25) is 0 Å². The number of nitrogens with zero attached hydrogens (tertiary/aromatic N) is 2. The molecule has 3 aromatic carbocycles. The van der Waals surface area contributed by atoms with E-state index in [1.807, 2.05) is 12.3 Å². The van der Waals surface area contributed by atoms with E-state index in [2.05, 4.69) is 118 Å². The Morgan fingerprint density at radius 1 is 0.600 bits per heavy atom. The van der Waals surface area contributed by atoms with Gasteiger partial charge in [0.2, 0.25) is 0 Å². The van der Waals surface area contributed by atoms with Crippen molar-refractivity contribution in [3.63, 3.8) is 0 Å². The van der Waals surface area contributed by atoms with Gasteiger partial charge in [0.05, 0.1) is 6.20 Å². The highest BCUT2D eigenvalue weighted by Gasteiger charge is 2.40. The molecule has 0 amide bonds. The summed E-state index contributed by atoms with van der Waals surface area (Å²) in [5.41, 5.74) is 3.06. The molecule has 122 valence electrons. The van der Waals surface area contributed by atoms with Crippen molar-refractivity contribution in [3.05, 3.63) is 124 Å². The van der Waals surface area contributed by atoms with Crippen molar-refractivity contribution in [1.82, 2.24) is 9.78 Å². The molecule has 0 fully saturated rings. The van der Waals surface area contributed by atoms with E-state index in [0.29, 0.717) is 0 Å². The van der Waals surface area contributed by atoms with Crippen molar-refractivity contribution in [3.8, 4) is 0 Å². The molecule has 0 atom stereocenters. The van der Waals surface area contributed by atoms with Gasteiger partial charge in [0, 0.05) is 0 Å². The minimum Gasteiger partial charge on any atom is -0.240 e. The topological polar surface area (TPSA) is 17.8 Å². The molecule has 0 aliphatic carbocycles. The quantitative estimate of drug-likeness (QED) is 0.313. The number of aromatic nitrogens is 2. The van der Waals surface area contributed by atoms with Crippen LogP contribution in [0, 0.1) is 3.70 Å². The molecule has 0 saturated heterocycles. The molecule has 1 aromatic heterocycles. The molecule has 3 heteroatoms. The van der Waals surface area contributed by atoms with Crippen molar-refractivity contribution >= 4 is 22.6 Å². The molecule has 2 nitrogen and oxygen atoms in total. The standard InChI is InChI=1S/C22H17IN2/c23-21-16-17-24-25(21)22(18-10-4-1-5-11-18,19-12-6-2-7-13-19)20-14-8-3-9-15-20/h1-17H. The van der Waals surface area contributed by atoms with Gasteiger partial charge in [0.1, 0.15) is 9.24 Å². The molecule has 0 unspecified atom stereocenters. The Labute approximate surface area is 161 Å². The fourth-order valence-electron chi connectivity index (χ4n) is 3.44. The van der Waals surface area contributed by atoms with Crippen LogP contribution < -0.4 is 0 Å². The Kier molecular flexibility index (Phi) is 4.40. The largest absolute Gasteiger partial charge is 0.240 e. The number of hydrogen-bond acceptors (Lipinski definition) is 1. The highest BCUT2D eigenvalue weighted by Crippen LogP contribution is 2.41. The molecule has 0 aliphatic rings. The predicted molar refractivity (Wildman–Crippen MR) is 110 cm³/mol. The lowest BCUT2D eigenvalue weighted by Crippen LogP contribution is -2.39. The lowest BCUT2D eigenvalue weighted by molar-refractivity contribution is 0.450. The van der Waals surface area contributed by atoms with Crippen LogP contribution in [0.25, 0.3) is 0 Å². The zero-order chi connectivity index (χ0) is 17.1. The second kappa shape index (κ2) is 6.84. The molecule has 1 heterocycles. The average molecular weight is 436 g/mol. The molecule has 0 N–H and O–H groups in total. The van der Waals surface area contributed by atoms with Gasteiger partial charge in [-0.2, -0.15) is 5.10 Å². The van der Waals surface area contributed by atoms with Gasteiger partial charge in [-0.15, -0.1) is 0 Å². The minimum absolute atomic E-state index is 0.510. The van der Waals surface area contributed by atoms with Gasteiger partial charge >= 0.3 is 0 Å². The Morgan fingerprint density at radius 2 is 1.00 bits per heavy atom. The molecule has 0 saturated carbocycles. The van der Waals surface area contributed by atoms with E-state index in [1.54, 1.807) is 0 Å². The van der Waals surface area contributed by atoms with Gasteiger partial charge in [0.15, 0.2) is 0 Å². The first kappa shape index (κ1) is 16.1. The van der Waals surface area contributed by atoms with E-state index in [0.717, 1.165) is 3.70 Å². The SMILES string of the molecule is Ic1ccnn1C(c1ccccc1)(c1ccccc1)c1ccccc1. The van der Waals surface area contributed by atoms with Crippen LogP contribution in [0.5, 0.6) is 0 Å². The predicted octanol–water partition coefficient (Wildman–Crippen LogP) is 5.33. The molecule has 4 rings (SSSR count). The summed E-state index contributed by atoms with van der Waals surface area (Å²) < 4.78 is 3.21. The van der Waals surface area contributed by atoms with Crippen LogP contribution in [0.15, 0.2) is 103 Å². The highest BCUT2D eigenvalue weighted by molar-refractivity contribution is 14.1. The number of rotatable bonds is 4. The smallest absolute Gasteiger partial charge is 0.139 e. The maximum atomic E-state index is 4.73. The zero-order valence-electron chi connectivity index (χ0n) is 13.6. The summed E-state index contributed by atoms with van der Waals surface area (Å²) in [4.78, 5) is 0. The third-order valence-electron chi connectivity index (χ3n) is 4.49. The van der Waals surface area contributed by atoms with Crippen molar-refractivity contribution in [2.24, 2.45) is 0 Å². The second-order valence-corrected chi connectivity index (χ2v) is 6.98. The van der Waals surface area contributed by atoms with Gasteiger partial charge in [-0.3, -0.25) is 0 Å². The number of benzene rings is 3. The summed E-state index contributed by atoms with van der Waals surface area (Å²) in [7, 11) is 0. The van der Waals surface area contributed by atoms with Gasteiger partial charge < -0.3 is 0 Å². The summed E-state index contributed by atoms with van der Waals surface area (Å²) in [6.07, 6.45) is 1.87. The number of halogens is 1. The molecule has 0 aliphatic heterocycles. The van der Waals surface area contributed by atoms with E-state index in [4.69, 9.17) is 5.10 Å². The van der Waals surface area contributed by atoms with Gasteiger partial charge in [-0.25, -0.2) is 4.68 Å². The van der Waals surface area contributed by atoms with Crippen molar-refractivity contribution in [2.75, 3.05) is 0 Å². The maximum absolute atomic E-state index is 4.73. The average Bonchev–Trinajstić information content (AvgIpc) is 3.12. The molecule has 0 bridgehead atoms. The van der Waals surface area contributed by atoms with Crippen molar-refractivity contribution in [2.45, 2.75) is 5.54 Å². The second-order valence-electron chi connectivity index (χ2n) is 5.87. The fourth-order valence-corrected chi connectivity index (χ4v) is 4.09. The van der Waals surface area contributed by atoms with Crippen LogP contribution in [-0.4, -0.2) is 9.78 Å². The van der Waals surface area contributed by atoms with Crippen LogP contribution in [0.1, 0.15) is 16.7 Å². The normalized spacial score (nSPS) is 11.4. The van der Waals surface area contributed by atoms with E-state index < -0.39 is 5.54 Å². The molecule has 25 heavy (non-hydrogen) atoms. The summed E-state index contributed by atoms with van der Waals surface area (Å²) in [5.74, 6) is 0. The van der Waals surface area contributed by atoms with E-state index >= 15 is 0 Å².